The number of nitrogens with zero attached hydrogens (tertiary/aromatic N) is 1. The number of hydrogen-bond donors (Lipinski definition) is 1. The molecule has 7 heteroatoms. The summed E-state index contributed by atoms with van der Waals surface area (Å²) >= 11 is 1.56. The highest BCUT2D eigenvalue weighted by atomic mass is 32.2. The molecule has 3 aromatic rings. The molecule has 2 aromatic carbocycles. The van der Waals surface area contributed by atoms with Crippen LogP contribution in [-0.2, 0) is 20.7 Å². The zero-order chi connectivity index (χ0) is 22.1. The summed E-state index contributed by atoms with van der Waals surface area (Å²) < 4.78 is 10.8. The number of hydrogen-bond acceptors (Lipinski definition) is 6. The van der Waals surface area contributed by atoms with Crippen LogP contribution in [0.3, 0.4) is 0 Å². The molecule has 0 atom stereocenters. The quantitative estimate of drug-likeness (QED) is 0.272. The number of oxazole rings is 1. The normalized spacial score (nSPS) is 10.5. The van der Waals surface area contributed by atoms with Crippen molar-refractivity contribution in [2.75, 3.05) is 17.7 Å². The number of para-hydroxylation sites is 1. The minimum Gasteiger partial charge on any atom is -0.456 e. The zero-order valence-corrected chi connectivity index (χ0v) is 18.1. The number of carbonyl (C=O) groups is 2. The number of amides is 1. The van der Waals surface area contributed by atoms with E-state index in [1.807, 2.05) is 49.4 Å². The summed E-state index contributed by atoms with van der Waals surface area (Å²) in [5, 5.41) is 2.77. The smallest absolute Gasteiger partial charge is 0.306 e. The summed E-state index contributed by atoms with van der Waals surface area (Å²) in [4.78, 5) is 29.3. The molecule has 0 spiro atoms. The molecule has 160 valence electrons. The van der Waals surface area contributed by atoms with Gasteiger partial charge >= 0.3 is 5.97 Å². The van der Waals surface area contributed by atoms with Gasteiger partial charge in [-0.1, -0.05) is 48.0 Å². The molecule has 0 saturated carbocycles. The summed E-state index contributed by atoms with van der Waals surface area (Å²) in [5.41, 5.74) is 2.77. The van der Waals surface area contributed by atoms with Gasteiger partial charge in [0.2, 0.25) is 0 Å². The molecule has 0 aliphatic rings. The number of carbonyl (C=O) groups excluding carboxylic acids is 2. The third-order valence-corrected chi connectivity index (χ3v) is 5.38. The third-order valence-electron chi connectivity index (χ3n) is 4.31. The molecule has 3 rings (SSSR count). The van der Waals surface area contributed by atoms with Gasteiger partial charge in [0.25, 0.3) is 5.91 Å². The molecule has 6 nitrogen and oxygen atoms in total. The first-order valence-electron chi connectivity index (χ1n) is 9.85. The van der Waals surface area contributed by atoms with Crippen molar-refractivity contribution in [3.05, 3.63) is 78.8 Å². The van der Waals surface area contributed by atoms with Gasteiger partial charge in [-0.05, 0) is 19.1 Å². The molecule has 0 unspecified atom stereocenters. The Labute approximate surface area is 185 Å². The summed E-state index contributed by atoms with van der Waals surface area (Å²) in [6, 6.07) is 15.4. The zero-order valence-electron chi connectivity index (χ0n) is 17.3. The molecule has 31 heavy (non-hydrogen) atoms. The second-order valence-electron chi connectivity index (χ2n) is 6.79. The van der Waals surface area contributed by atoms with E-state index in [0.717, 1.165) is 21.8 Å². The fourth-order valence-electron chi connectivity index (χ4n) is 2.74. The number of nitrogens with one attached hydrogen (secondary N) is 1. The number of esters is 1. The van der Waals surface area contributed by atoms with Crippen LogP contribution in [0.25, 0.3) is 11.3 Å². The summed E-state index contributed by atoms with van der Waals surface area (Å²) in [6.07, 6.45) is 3.81. The van der Waals surface area contributed by atoms with Crippen LogP contribution in [0.4, 0.5) is 5.69 Å². The number of thioether (sulfide) groups is 1. The number of aryl methyl sites for hydroxylation is 2. The van der Waals surface area contributed by atoms with Crippen LogP contribution >= 0.6 is 11.8 Å². The van der Waals surface area contributed by atoms with E-state index in [2.05, 4.69) is 16.9 Å². The van der Waals surface area contributed by atoms with Crippen LogP contribution in [0, 0.1) is 6.92 Å². The maximum absolute atomic E-state index is 12.2. The van der Waals surface area contributed by atoms with Crippen LogP contribution in [0.1, 0.15) is 17.9 Å². The highest BCUT2D eigenvalue weighted by Gasteiger charge is 2.12. The van der Waals surface area contributed by atoms with Crippen LogP contribution in [0.5, 0.6) is 0 Å². The largest absolute Gasteiger partial charge is 0.456 e. The van der Waals surface area contributed by atoms with Crippen molar-refractivity contribution in [2.24, 2.45) is 0 Å². The Morgan fingerprint density at radius 1 is 1.19 bits per heavy atom. The first-order chi connectivity index (χ1) is 15.0. The van der Waals surface area contributed by atoms with Gasteiger partial charge in [0, 0.05) is 22.6 Å². The van der Waals surface area contributed by atoms with E-state index in [4.69, 9.17) is 9.15 Å². The second kappa shape index (κ2) is 11.2. The van der Waals surface area contributed by atoms with E-state index >= 15 is 0 Å². The van der Waals surface area contributed by atoms with Crippen molar-refractivity contribution in [2.45, 2.75) is 24.7 Å². The predicted molar refractivity (Wildman–Crippen MR) is 122 cm³/mol. The second-order valence-corrected chi connectivity index (χ2v) is 7.85. The fourth-order valence-corrected chi connectivity index (χ4v) is 3.48. The maximum atomic E-state index is 12.2. The van der Waals surface area contributed by atoms with Crippen molar-refractivity contribution >= 4 is 29.3 Å². The highest BCUT2D eigenvalue weighted by molar-refractivity contribution is 7.99. The van der Waals surface area contributed by atoms with Crippen LogP contribution in [0.15, 0.2) is 76.7 Å². The van der Waals surface area contributed by atoms with Gasteiger partial charge in [0.1, 0.15) is 0 Å². The lowest BCUT2D eigenvalue weighted by atomic mass is 10.1. The van der Waals surface area contributed by atoms with Crippen molar-refractivity contribution in [3.8, 4) is 11.3 Å². The van der Waals surface area contributed by atoms with Crippen LogP contribution < -0.4 is 5.32 Å². The van der Waals surface area contributed by atoms with E-state index in [-0.39, 0.29) is 13.0 Å². The third kappa shape index (κ3) is 6.86. The molecule has 0 saturated heterocycles. The van der Waals surface area contributed by atoms with E-state index in [1.54, 1.807) is 30.1 Å². The van der Waals surface area contributed by atoms with Gasteiger partial charge in [-0.15, -0.1) is 18.3 Å². The van der Waals surface area contributed by atoms with Gasteiger partial charge in [-0.25, -0.2) is 4.98 Å². The Morgan fingerprint density at radius 2 is 1.97 bits per heavy atom. The van der Waals surface area contributed by atoms with Crippen LogP contribution in [-0.4, -0.2) is 29.2 Å². The minimum absolute atomic E-state index is 0.0763. The van der Waals surface area contributed by atoms with E-state index in [9.17, 15) is 9.59 Å². The molecule has 1 heterocycles. The highest BCUT2D eigenvalue weighted by Crippen LogP contribution is 2.27. The van der Waals surface area contributed by atoms with Crippen LogP contribution in [0.2, 0.25) is 0 Å². The van der Waals surface area contributed by atoms with E-state index in [1.165, 1.54) is 0 Å². The van der Waals surface area contributed by atoms with E-state index < -0.39 is 11.9 Å². The van der Waals surface area contributed by atoms with Crippen molar-refractivity contribution in [3.63, 3.8) is 0 Å². The van der Waals surface area contributed by atoms with Crippen molar-refractivity contribution < 1.29 is 18.7 Å². The SMILES string of the molecule is C=CCSc1ccccc1NC(=O)COC(=O)CCc1ncc(-c2ccc(C)cc2)o1. The summed E-state index contributed by atoms with van der Waals surface area (Å²) in [6.45, 7) is 5.37. The van der Waals surface area contributed by atoms with Gasteiger partial charge in [0.05, 0.1) is 18.3 Å². The van der Waals surface area contributed by atoms with E-state index in [0.29, 0.717) is 23.8 Å². The monoisotopic (exact) mass is 436 g/mol. The maximum Gasteiger partial charge on any atom is 0.306 e. The fraction of sp³-hybridized carbons (Fsp3) is 0.208. The van der Waals surface area contributed by atoms with Gasteiger partial charge in [-0.3, -0.25) is 9.59 Å². The first kappa shape index (κ1) is 22.4. The molecule has 0 fully saturated rings. The number of rotatable bonds is 10. The van der Waals surface area contributed by atoms with Crippen molar-refractivity contribution in [1.29, 1.82) is 0 Å². The number of benzene rings is 2. The van der Waals surface area contributed by atoms with Gasteiger partial charge < -0.3 is 14.5 Å². The number of ether oxygens (including phenoxy) is 1. The molecule has 1 N–H and O–H groups in total. The lowest BCUT2D eigenvalue weighted by Crippen LogP contribution is -2.21. The summed E-state index contributed by atoms with van der Waals surface area (Å²) in [7, 11) is 0. The Bertz CT molecular complexity index is 1040. The summed E-state index contributed by atoms with van der Waals surface area (Å²) in [5.74, 6) is 0.951. The average Bonchev–Trinajstić information content (AvgIpc) is 3.25. The predicted octanol–water partition coefficient (Wildman–Crippen LogP) is 5.04. The molecule has 0 aliphatic heterocycles. The Morgan fingerprint density at radius 3 is 2.74 bits per heavy atom. The molecule has 0 aliphatic carbocycles. The Balaban J connectivity index is 1.44. The topological polar surface area (TPSA) is 81.4 Å². The lowest BCUT2D eigenvalue weighted by Gasteiger charge is -2.10. The molecular weight excluding hydrogens is 412 g/mol. The molecular formula is C24H24N2O4S. The van der Waals surface area contributed by atoms with Gasteiger partial charge in [-0.2, -0.15) is 0 Å². The molecule has 1 aromatic heterocycles. The Hall–Kier alpha value is -3.32. The van der Waals surface area contributed by atoms with Gasteiger partial charge in [0.15, 0.2) is 18.3 Å². The van der Waals surface area contributed by atoms with Crippen molar-refractivity contribution in [1.82, 2.24) is 4.98 Å². The first-order valence-corrected chi connectivity index (χ1v) is 10.8. The molecule has 0 bridgehead atoms. The Kier molecular flexibility index (Phi) is 8.06. The molecule has 0 radical (unpaired) electrons. The lowest BCUT2D eigenvalue weighted by molar-refractivity contribution is -0.147. The number of aromatic nitrogens is 1. The molecule has 1 amide bonds. The standard InChI is InChI=1S/C24H24N2O4S/c1-3-14-31-21-7-5-4-6-19(21)26-22(27)16-29-24(28)13-12-23-25-15-20(30-23)18-10-8-17(2)9-11-18/h3-11,15H,1,12-14,16H2,2H3,(H,26,27). The minimum atomic E-state index is -0.487. The number of anilines is 1. The average molecular weight is 437 g/mol.